The van der Waals surface area contributed by atoms with E-state index in [0.29, 0.717) is 12.2 Å². The minimum atomic E-state index is -1.04. The molecule has 1 aromatic heterocycles. The highest BCUT2D eigenvalue weighted by atomic mass is 32.1. The van der Waals surface area contributed by atoms with Gasteiger partial charge in [-0.05, 0) is 45.5 Å². The molecule has 3 rings (SSSR count). The average Bonchev–Trinajstić information content (AvgIpc) is 3.27. The Balaban J connectivity index is 1.64. The van der Waals surface area contributed by atoms with Crippen LogP contribution in [0.4, 0.5) is 0 Å². The van der Waals surface area contributed by atoms with Gasteiger partial charge >= 0.3 is 5.97 Å². The van der Waals surface area contributed by atoms with Crippen molar-refractivity contribution >= 4 is 35.8 Å². The lowest BCUT2D eigenvalue weighted by Gasteiger charge is -2.19. The Hall–Kier alpha value is -2.57. The van der Waals surface area contributed by atoms with Gasteiger partial charge in [0.1, 0.15) is 6.04 Å². The Bertz CT molecular complexity index is 925. The molecule has 0 bridgehead atoms. The topological polar surface area (TPSA) is 66.4 Å². The molecular weight excluding hydrogens is 402 g/mol. The molecule has 6 heteroatoms. The number of thiophene rings is 1. The molecule has 0 saturated heterocycles. The molecule has 3 aromatic rings. The highest BCUT2D eigenvalue weighted by molar-refractivity contribution is 7.80. The Labute approximate surface area is 180 Å². The van der Waals surface area contributed by atoms with E-state index in [1.807, 2.05) is 66.0 Å². The van der Waals surface area contributed by atoms with Crippen LogP contribution in [0.25, 0.3) is 11.1 Å². The summed E-state index contributed by atoms with van der Waals surface area (Å²) in [5.41, 5.74) is 4.12. The van der Waals surface area contributed by atoms with E-state index in [1.165, 1.54) is 0 Å². The molecule has 0 saturated carbocycles. The third kappa shape index (κ3) is 5.95. The van der Waals surface area contributed by atoms with Gasteiger partial charge in [-0.15, -0.1) is 0 Å². The van der Waals surface area contributed by atoms with E-state index in [0.717, 1.165) is 22.3 Å². The lowest BCUT2D eigenvalue weighted by Crippen LogP contribution is -2.45. The Morgan fingerprint density at radius 2 is 1.62 bits per heavy atom. The molecule has 0 aliphatic carbocycles. The van der Waals surface area contributed by atoms with Crippen LogP contribution in [0.5, 0.6) is 0 Å². The summed E-state index contributed by atoms with van der Waals surface area (Å²) in [6.07, 6.45) is 0.757. The first-order chi connectivity index (χ1) is 14.1. The van der Waals surface area contributed by atoms with E-state index in [-0.39, 0.29) is 18.2 Å². The number of nitrogens with one attached hydrogen (secondary N) is 1. The molecule has 2 atom stereocenters. The first kappa shape index (κ1) is 21.1. The van der Waals surface area contributed by atoms with Crippen LogP contribution >= 0.6 is 24.0 Å². The number of hydrogen-bond donors (Lipinski definition) is 3. The van der Waals surface area contributed by atoms with Crippen LogP contribution in [0.1, 0.15) is 11.1 Å². The average molecular weight is 426 g/mol. The second-order valence-corrected chi connectivity index (χ2v) is 8.03. The molecule has 0 aliphatic heterocycles. The molecule has 0 fully saturated rings. The van der Waals surface area contributed by atoms with E-state index in [9.17, 15) is 14.7 Å². The van der Waals surface area contributed by atoms with Crippen molar-refractivity contribution in [3.63, 3.8) is 0 Å². The number of carboxylic acids is 1. The molecular formula is C23H23NO3S2. The minimum absolute atomic E-state index is 0.232. The SMILES string of the molecule is O=C(N[C@@H](Cc1ccc(-c2ccsc2)cc1)C(=O)O)C(CS)Cc1ccccc1. The van der Waals surface area contributed by atoms with Crippen LogP contribution < -0.4 is 5.32 Å². The third-order valence-corrected chi connectivity index (χ3v) is 5.90. The molecule has 0 spiro atoms. The molecule has 0 radical (unpaired) electrons. The number of carboxylic acid groups (broad SMARTS) is 1. The summed E-state index contributed by atoms with van der Waals surface area (Å²) in [6, 6.07) is 18.5. The smallest absolute Gasteiger partial charge is 0.326 e. The van der Waals surface area contributed by atoms with Crippen LogP contribution in [-0.2, 0) is 22.4 Å². The van der Waals surface area contributed by atoms with E-state index in [2.05, 4.69) is 23.3 Å². The highest BCUT2D eigenvalue weighted by Crippen LogP contribution is 2.22. The molecule has 4 nitrogen and oxygen atoms in total. The third-order valence-electron chi connectivity index (χ3n) is 4.78. The molecule has 150 valence electrons. The molecule has 0 aliphatic rings. The summed E-state index contributed by atoms with van der Waals surface area (Å²) < 4.78 is 0. The molecule has 2 aromatic carbocycles. The van der Waals surface area contributed by atoms with Crippen LogP contribution in [0.2, 0.25) is 0 Å². The van der Waals surface area contributed by atoms with Gasteiger partial charge in [-0.3, -0.25) is 4.79 Å². The van der Waals surface area contributed by atoms with Crippen molar-refractivity contribution < 1.29 is 14.7 Å². The number of carbonyl (C=O) groups excluding carboxylic acids is 1. The van der Waals surface area contributed by atoms with Crippen molar-refractivity contribution in [2.45, 2.75) is 18.9 Å². The van der Waals surface area contributed by atoms with Crippen molar-refractivity contribution in [3.05, 3.63) is 82.6 Å². The first-order valence-electron chi connectivity index (χ1n) is 9.36. The van der Waals surface area contributed by atoms with E-state index in [1.54, 1.807) is 11.3 Å². The summed E-state index contributed by atoms with van der Waals surface area (Å²) in [4.78, 5) is 24.4. The van der Waals surface area contributed by atoms with Gasteiger partial charge in [0.25, 0.3) is 0 Å². The number of aliphatic carboxylic acids is 1. The zero-order valence-corrected chi connectivity index (χ0v) is 17.5. The fraction of sp³-hybridized carbons (Fsp3) is 0.217. The summed E-state index contributed by atoms with van der Waals surface area (Å²) in [7, 11) is 0. The lowest BCUT2D eigenvalue weighted by atomic mass is 9.98. The molecule has 29 heavy (non-hydrogen) atoms. The predicted octanol–water partition coefficient (Wildman–Crippen LogP) is 4.32. The molecule has 2 N–H and O–H groups in total. The molecule has 1 unspecified atom stereocenters. The maximum absolute atomic E-state index is 12.7. The van der Waals surface area contributed by atoms with Crippen LogP contribution in [0.3, 0.4) is 0 Å². The lowest BCUT2D eigenvalue weighted by molar-refractivity contribution is -0.142. The monoisotopic (exact) mass is 425 g/mol. The second kappa shape index (κ2) is 10.3. The van der Waals surface area contributed by atoms with E-state index < -0.39 is 12.0 Å². The second-order valence-electron chi connectivity index (χ2n) is 6.88. The summed E-state index contributed by atoms with van der Waals surface area (Å²) in [5, 5.41) is 16.4. The van der Waals surface area contributed by atoms with E-state index >= 15 is 0 Å². The maximum Gasteiger partial charge on any atom is 0.326 e. The molecule has 1 heterocycles. The first-order valence-corrected chi connectivity index (χ1v) is 10.9. The van der Waals surface area contributed by atoms with Crippen molar-refractivity contribution in [3.8, 4) is 11.1 Å². The van der Waals surface area contributed by atoms with E-state index in [4.69, 9.17) is 0 Å². The fourth-order valence-electron chi connectivity index (χ4n) is 3.13. The Kier molecular flexibility index (Phi) is 7.49. The number of benzene rings is 2. The standard InChI is InChI=1S/C23H23NO3S2/c25-22(20(14-28)12-16-4-2-1-3-5-16)24-21(23(26)27)13-17-6-8-18(9-7-17)19-10-11-29-15-19/h1-11,15,20-21,28H,12-14H2,(H,24,25)(H,26,27)/t20?,21-/m0/s1. The van der Waals surface area contributed by atoms with Crippen LogP contribution in [0, 0.1) is 5.92 Å². The number of carbonyl (C=O) groups is 2. The van der Waals surface area contributed by atoms with Gasteiger partial charge in [0.2, 0.25) is 5.91 Å². The van der Waals surface area contributed by atoms with Crippen molar-refractivity contribution in [1.82, 2.24) is 5.32 Å². The van der Waals surface area contributed by atoms with Gasteiger partial charge in [-0.2, -0.15) is 24.0 Å². The summed E-state index contributed by atoms with van der Waals surface area (Å²) in [5.74, 6) is -1.37. The largest absolute Gasteiger partial charge is 0.480 e. The fourth-order valence-corrected chi connectivity index (χ4v) is 4.09. The number of rotatable bonds is 9. The van der Waals surface area contributed by atoms with Crippen molar-refractivity contribution in [1.29, 1.82) is 0 Å². The normalized spacial score (nSPS) is 12.9. The van der Waals surface area contributed by atoms with Gasteiger partial charge in [0.15, 0.2) is 0 Å². The van der Waals surface area contributed by atoms with Crippen LogP contribution in [-0.4, -0.2) is 28.8 Å². The predicted molar refractivity (Wildman–Crippen MR) is 121 cm³/mol. The van der Waals surface area contributed by atoms with Gasteiger partial charge in [-0.1, -0.05) is 54.6 Å². The van der Waals surface area contributed by atoms with Gasteiger partial charge < -0.3 is 10.4 Å². The Morgan fingerprint density at radius 1 is 0.931 bits per heavy atom. The van der Waals surface area contributed by atoms with Gasteiger partial charge in [0, 0.05) is 12.2 Å². The van der Waals surface area contributed by atoms with Crippen LogP contribution in [0.15, 0.2) is 71.4 Å². The summed E-state index contributed by atoms with van der Waals surface area (Å²) >= 11 is 5.93. The minimum Gasteiger partial charge on any atom is -0.480 e. The zero-order chi connectivity index (χ0) is 20.6. The molecule has 1 amide bonds. The van der Waals surface area contributed by atoms with Gasteiger partial charge in [-0.25, -0.2) is 4.79 Å². The number of hydrogen-bond acceptors (Lipinski definition) is 4. The van der Waals surface area contributed by atoms with Crippen molar-refractivity contribution in [2.75, 3.05) is 5.75 Å². The number of amides is 1. The Morgan fingerprint density at radius 3 is 2.21 bits per heavy atom. The quantitative estimate of drug-likeness (QED) is 0.448. The number of thiol groups is 1. The van der Waals surface area contributed by atoms with Crippen molar-refractivity contribution in [2.24, 2.45) is 5.92 Å². The summed E-state index contributed by atoms with van der Waals surface area (Å²) in [6.45, 7) is 0. The van der Waals surface area contributed by atoms with Gasteiger partial charge in [0.05, 0.1) is 5.92 Å². The maximum atomic E-state index is 12.7. The highest BCUT2D eigenvalue weighted by Gasteiger charge is 2.25. The zero-order valence-electron chi connectivity index (χ0n) is 15.8.